The van der Waals surface area contributed by atoms with Gasteiger partial charge in [0.1, 0.15) is 0 Å². The van der Waals surface area contributed by atoms with Gasteiger partial charge in [-0.05, 0) is 49.4 Å². The van der Waals surface area contributed by atoms with E-state index in [2.05, 4.69) is 28.5 Å². The fourth-order valence-corrected chi connectivity index (χ4v) is 2.59. The molecule has 1 aromatic heterocycles. The molecule has 3 rings (SSSR count). The number of ketones is 1. The molecule has 18 heavy (non-hydrogen) atoms. The van der Waals surface area contributed by atoms with Gasteiger partial charge in [0.25, 0.3) is 0 Å². The largest absolute Gasteiger partial charge is 0.293 e. The molecule has 0 unspecified atom stereocenters. The molecule has 0 radical (unpaired) electrons. The Morgan fingerprint density at radius 2 is 2.06 bits per heavy atom. The number of hydrogen-bond acceptors (Lipinski definition) is 3. The summed E-state index contributed by atoms with van der Waals surface area (Å²) in [5, 5.41) is 8.03. The van der Waals surface area contributed by atoms with Crippen LogP contribution < -0.4 is 0 Å². The number of aryl methyl sites for hydroxylation is 2. The Kier molecular flexibility index (Phi) is 2.51. The van der Waals surface area contributed by atoms with Gasteiger partial charge in [-0.1, -0.05) is 11.3 Å². The van der Waals surface area contributed by atoms with Crippen molar-refractivity contribution in [1.82, 2.24) is 15.0 Å². The van der Waals surface area contributed by atoms with Crippen LogP contribution >= 0.6 is 0 Å². The lowest BCUT2D eigenvalue weighted by atomic mass is 10.1. The molecule has 0 aliphatic heterocycles. The van der Waals surface area contributed by atoms with Gasteiger partial charge in [-0.25, -0.2) is 4.68 Å². The molecule has 1 aliphatic carbocycles. The number of aromatic nitrogens is 3. The minimum atomic E-state index is -0.0417. The Morgan fingerprint density at radius 1 is 1.28 bits per heavy atom. The molecule has 0 N–H and O–H groups in total. The molecule has 92 valence electrons. The third kappa shape index (κ3) is 1.65. The summed E-state index contributed by atoms with van der Waals surface area (Å²) in [5.74, 6) is -0.0417. The molecule has 1 aromatic carbocycles. The summed E-state index contributed by atoms with van der Waals surface area (Å²) in [6.45, 7) is 3.40. The first-order valence-electron chi connectivity index (χ1n) is 6.22. The summed E-state index contributed by atoms with van der Waals surface area (Å²) in [5.41, 5.74) is 5.08. The highest BCUT2D eigenvalue weighted by molar-refractivity contribution is 5.93. The van der Waals surface area contributed by atoms with E-state index in [0.29, 0.717) is 5.69 Å². The van der Waals surface area contributed by atoms with E-state index in [4.69, 9.17) is 0 Å². The van der Waals surface area contributed by atoms with E-state index in [1.807, 2.05) is 6.92 Å². The molecule has 0 saturated heterocycles. The highest BCUT2D eigenvalue weighted by atomic mass is 16.1. The maximum atomic E-state index is 11.4. The molecule has 0 bridgehead atoms. The normalized spacial score (nSPS) is 13.7. The first-order valence-corrected chi connectivity index (χ1v) is 6.22. The Balaban J connectivity index is 2.07. The fourth-order valence-electron chi connectivity index (χ4n) is 2.59. The molecular formula is C14H15N3O. The maximum absolute atomic E-state index is 11.4. The van der Waals surface area contributed by atoms with Crippen LogP contribution in [0.15, 0.2) is 18.2 Å². The van der Waals surface area contributed by atoms with Gasteiger partial charge in [0.05, 0.1) is 11.4 Å². The smallest absolute Gasteiger partial charge is 0.181 e. The monoisotopic (exact) mass is 241 g/mol. The summed E-state index contributed by atoms with van der Waals surface area (Å²) >= 11 is 0. The van der Waals surface area contributed by atoms with Crippen molar-refractivity contribution in [2.75, 3.05) is 0 Å². The number of hydrogen-bond donors (Lipinski definition) is 0. The van der Waals surface area contributed by atoms with E-state index in [9.17, 15) is 4.79 Å². The summed E-state index contributed by atoms with van der Waals surface area (Å²) < 4.78 is 1.75. The molecule has 4 nitrogen and oxygen atoms in total. The Hall–Kier alpha value is -1.97. The zero-order chi connectivity index (χ0) is 12.7. The van der Waals surface area contributed by atoms with E-state index < -0.39 is 0 Å². The van der Waals surface area contributed by atoms with Crippen molar-refractivity contribution >= 4 is 5.78 Å². The number of Topliss-reactive ketones (excluding diaryl/α,β-unsaturated/α-hetero) is 1. The van der Waals surface area contributed by atoms with Crippen LogP contribution in [0.4, 0.5) is 0 Å². The Bertz CT molecular complexity index is 628. The van der Waals surface area contributed by atoms with Crippen LogP contribution in [0.1, 0.15) is 40.7 Å². The minimum absolute atomic E-state index is 0.0417. The van der Waals surface area contributed by atoms with Crippen LogP contribution in [0, 0.1) is 6.92 Å². The van der Waals surface area contributed by atoms with Crippen molar-refractivity contribution in [3.05, 3.63) is 40.7 Å². The molecule has 0 atom stereocenters. The van der Waals surface area contributed by atoms with Crippen molar-refractivity contribution in [3.63, 3.8) is 0 Å². The highest BCUT2D eigenvalue weighted by Crippen LogP contribution is 2.24. The van der Waals surface area contributed by atoms with E-state index in [1.165, 1.54) is 30.9 Å². The van der Waals surface area contributed by atoms with Gasteiger partial charge in [-0.2, -0.15) is 0 Å². The number of carbonyl (C=O) groups is 1. The van der Waals surface area contributed by atoms with Crippen molar-refractivity contribution in [2.24, 2.45) is 0 Å². The third-order valence-electron chi connectivity index (χ3n) is 3.55. The summed E-state index contributed by atoms with van der Waals surface area (Å²) in [7, 11) is 0. The van der Waals surface area contributed by atoms with Crippen LogP contribution in [-0.2, 0) is 12.8 Å². The fraction of sp³-hybridized carbons (Fsp3) is 0.357. The van der Waals surface area contributed by atoms with Gasteiger partial charge in [-0.15, -0.1) is 5.10 Å². The van der Waals surface area contributed by atoms with Gasteiger partial charge in [-0.3, -0.25) is 4.79 Å². The van der Waals surface area contributed by atoms with Gasteiger partial charge in [0, 0.05) is 6.92 Å². The van der Waals surface area contributed by atoms with E-state index in [0.717, 1.165) is 17.8 Å². The molecule has 0 amide bonds. The van der Waals surface area contributed by atoms with E-state index >= 15 is 0 Å². The van der Waals surface area contributed by atoms with Gasteiger partial charge >= 0.3 is 0 Å². The molecule has 2 aromatic rings. The summed E-state index contributed by atoms with van der Waals surface area (Å²) in [6.07, 6.45) is 3.54. The van der Waals surface area contributed by atoms with Crippen LogP contribution in [0.2, 0.25) is 0 Å². The zero-order valence-corrected chi connectivity index (χ0v) is 10.6. The topological polar surface area (TPSA) is 47.8 Å². The first-order chi connectivity index (χ1) is 8.66. The molecule has 1 heterocycles. The summed E-state index contributed by atoms with van der Waals surface area (Å²) in [6, 6.07) is 6.37. The lowest BCUT2D eigenvalue weighted by molar-refractivity contribution is 0.101. The van der Waals surface area contributed by atoms with Crippen molar-refractivity contribution < 1.29 is 4.79 Å². The average molecular weight is 241 g/mol. The molecule has 0 spiro atoms. The number of nitrogens with zero attached hydrogens (tertiary/aromatic N) is 3. The van der Waals surface area contributed by atoms with E-state index in [-0.39, 0.29) is 5.78 Å². The Labute approximate surface area is 106 Å². The van der Waals surface area contributed by atoms with Gasteiger partial charge in [0.15, 0.2) is 11.5 Å². The lowest BCUT2D eigenvalue weighted by Crippen LogP contribution is -2.02. The number of rotatable bonds is 2. The minimum Gasteiger partial charge on any atom is -0.293 e. The van der Waals surface area contributed by atoms with Crippen molar-refractivity contribution in [1.29, 1.82) is 0 Å². The van der Waals surface area contributed by atoms with Crippen LogP contribution in [0.25, 0.3) is 5.69 Å². The second-order valence-electron chi connectivity index (χ2n) is 4.80. The van der Waals surface area contributed by atoms with Crippen LogP contribution in [0.5, 0.6) is 0 Å². The predicted octanol–water partition coefficient (Wildman–Crippen LogP) is 2.27. The molecule has 4 heteroatoms. The predicted molar refractivity (Wildman–Crippen MR) is 68.1 cm³/mol. The van der Waals surface area contributed by atoms with Crippen LogP contribution in [0.3, 0.4) is 0 Å². The van der Waals surface area contributed by atoms with Gasteiger partial charge < -0.3 is 0 Å². The third-order valence-corrected chi connectivity index (χ3v) is 3.55. The summed E-state index contributed by atoms with van der Waals surface area (Å²) in [4.78, 5) is 11.4. The highest BCUT2D eigenvalue weighted by Gasteiger charge is 2.16. The quantitative estimate of drug-likeness (QED) is 0.758. The lowest BCUT2D eigenvalue weighted by Gasteiger charge is -2.06. The zero-order valence-electron chi connectivity index (χ0n) is 10.6. The second-order valence-corrected chi connectivity index (χ2v) is 4.80. The molecule has 0 fully saturated rings. The second kappa shape index (κ2) is 4.05. The number of benzene rings is 1. The Morgan fingerprint density at radius 3 is 2.78 bits per heavy atom. The SMILES string of the molecule is CC(=O)c1nnn(-c2ccc3c(c2)CCC3)c1C. The van der Waals surface area contributed by atoms with Crippen molar-refractivity contribution in [3.8, 4) is 5.69 Å². The first kappa shape index (κ1) is 11.1. The maximum Gasteiger partial charge on any atom is 0.181 e. The average Bonchev–Trinajstić information content (AvgIpc) is 2.93. The molecule has 1 aliphatic rings. The standard InChI is InChI=1S/C14H15N3O/c1-9-14(10(2)18)15-16-17(9)13-7-6-11-4-3-5-12(11)8-13/h6-8H,3-5H2,1-2H3. The number of fused-ring (bicyclic) bond motifs is 1. The van der Waals surface area contributed by atoms with Crippen molar-refractivity contribution in [2.45, 2.75) is 33.1 Å². The van der Waals surface area contributed by atoms with E-state index in [1.54, 1.807) is 4.68 Å². The molecule has 0 saturated carbocycles. The number of carbonyl (C=O) groups excluding carboxylic acids is 1. The van der Waals surface area contributed by atoms with Gasteiger partial charge in [0.2, 0.25) is 0 Å². The van der Waals surface area contributed by atoms with Crippen LogP contribution in [-0.4, -0.2) is 20.8 Å². The molecular weight excluding hydrogens is 226 g/mol.